The number of rotatable bonds is 2. The molecule has 2 nitrogen and oxygen atoms in total. The third-order valence-corrected chi connectivity index (χ3v) is 3.13. The van der Waals surface area contributed by atoms with E-state index in [2.05, 4.69) is 20.9 Å². The van der Waals surface area contributed by atoms with Crippen LogP contribution in [0.15, 0.2) is 4.47 Å². The van der Waals surface area contributed by atoms with Crippen molar-refractivity contribution in [2.24, 2.45) is 0 Å². The zero-order chi connectivity index (χ0) is 10.9. The molecule has 0 aromatic carbocycles. The summed E-state index contributed by atoms with van der Waals surface area (Å²) in [7, 11) is 0. The molecule has 1 N–H and O–H groups in total. The van der Waals surface area contributed by atoms with Crippen LogP contribution < -0.4 is 0 Å². The van der Waals surface area contributed by atoms with E-state index in [-0.39, 0.29) is 18.1 Å². The van der Waals surface area contributed by atoms with Gasteiger partial charge in [0.1, 0.15) is 0 Å². The van der Waals surface area contributed by atoms with Gasteiger partial charge in [0.15, 0.2) is 0 Å². The van der Waals surface area contributed by atoms with Crippen molar-refractivity contribution < 1.29 is 9.50 Å². The molecular weight excluding hydrogens is 249 g/mol. The van der Waals surface area contributed by atoms with Crippen LogP contribution in [0.5, 0.6) is 0 Å². The van der Waals surface area contributed by atoms with Gasteiger partial charge in [-0.05, 0) is 34.3 Å². The molecule has 1 rings (SSSR count). The molecule has 0 spiro atoms. The Labute approximate surface area is 91.3 Å². The minimum Gasteiger partial charge on any atom is -0.391 e. The average Bonchev–Trinajstić information content (AvgIpc) is 2.10. The monoisotopic (exact) mass is 261 g/mol. The lowest BCUT2D eigenvalue weighted by atomic mass is 9.98. The molecule has 78 valence electrons. The van der Waals surface area contributed by atoms with Gasteiger partial charge in [0.25, 0.3) is 0 Å². The number of hydrogen-bond donors (Lipinski definition) is 1. The summed E-state index contributed by atoms with van der Waals surface area (Å²) >= 11 is 3.37. The summed E-state index contributed by atoms with van der Waals surface area (Å²) in [4.78, 5) is 3.71. The minimum absolute atomic E-state index is 0.155. The fraction of sp³-hybridized carbons (Fsp3) is 0.500. The van der Waals surface area contributed by atoms with Crippen LogP contribution in [0.1, 0.15) is 36.6 Å². The van der Waals surface area contributed by atoms with E-state index in [4.69, 9.17) is 5.11 Å². The van der Waals surface area contributed by atoms with E-state index < -0.39 is 5.95 Å². The fourth-order valence-electron chi connectivity index (χ4n) is 1.45. The number of aliphatic hydroxyl groups is 1. The highest BCUT2D eigenvalue weighted by molar-refractivity contribution is 9.10. The number of hydrogen-bond acceptors (Lipinski definition) is 2. The van der Waals surface area contributed by atoms with Crippen molar-refractivity contribution in [3.8, 4) is 0 Å². The second kappa shape index (κ2) is 4.36. The molecule has 0 aliphatic carbocycles. The predicted octanol–water partition coefficient (Wildman–Crippen LogP) is 2.91. The fourth-order valence-corrected chi connectivity index (χ4v) is 2.24. The van der Waals surface area contributed by atoms with Crippen molar-refractivity contribution in [2.45, 2.75) is 33.3 Å². The summed E-state index contributed by atoms with van der Waals surface area (Å²) in [6.45, 7) is 5.34. The molecule has 1 aromatic heterocycles. The van der Waals surface area contributed by atoms with E-state index in [9.17, 15) is 4.39 Å². The Kier molecular flexibility index (Phi) is 3.61. The normalized spacial score (nSPS) is 11.1. The van der Waals surface area contributed by atoms with E-state index in [0.29, 0.717) is 5.69 Å². The SMILES string of the molecule is Cc1nc(F)c(CO)c(C(C)C)c1Br. The highest BCUT2D eigenvalue weighted by atomic mass is 79.9. The number of aryl methyl sites for hydroxylation is 1. The molecule has 0 radical (unpaired) electrons. The number of nitrogens with zero attached hydrogens (tertiary/aromatic N) is 1. The van der Waals surface area contributed by atoms with Crippen LogP contribution in [0.3, 0.4) is 0 Å². The molecule has 0 aliphatic rings. The molecule has 0 atom stereocenters. The van der Waals surface area contributed by atoms with Crippen LogP contribution in [0.4, 0.5) is 4.39 Å². The molecule has 0 aliphatic heterocycles. The van der Waals surface area contributed by atoms with Gasteiger partial charge in [0, 0.05) is 10.0 Å². The highest BCUT2D eigenvalue weighted by Crippen LogP contribution is 2.31. The number of pyridine rings is 1. The Morgan fingerprint density at radius 3 is 2.50 bits per heavy atom. The van der Waals surface area contributed by atoms with Crippen LogP contribution in [-0.4, -0.2) is 10.1 Å². The predicted molar refractivity (Wildman–Crippen MR) is 56.6 cm³/mol. The zero-order valence-electron chi connectivity index (χ0n) is 8.43. The largest absolute Gasteiger partial charge is 0.391 e. The Bertz CT molecular complexity index is 352. The number of halogens is 2. The third-order valence-electron chi connectivity index (χ3n) is 2.13. The minimum atomic E-state index is -0.572. The molecule has 0 saturated carbocycles. The van der Waals surface area contributed by atoms with Crippen LogP contribution in [0.25, 0.3) is 0 Å². The summed E-state index contributed by atoms with van der Waals surface area (Å²) in [6.07, 6.45) is 0. The van der Waals surface area contributed by atoms with Crippen LogP contribution in [0, 0.1) is 12.9 Å². The standard InChI is InChI=1S/C10H13BrFNO/c1-5(2)8-7(4-14)10(12)13-6(3)9(8)11/h5,14H,4H2,1-3H3. The maximum atomic E-state index is 13.4. The average molecular weight is 262 g/mol. The van der Waals surface area contributed by atoms with E-state index in [1.165, 1.54) is 0 Å². The quantitative estimate of drug-likeness (QED) is 0.831. The summed E-state index contributed by atoms with van der Waals surface area (Å²) in [5.74, 6) is -0.417. The maximum Gasteiger partial charge on any atom is 0.218 e. The van der Waals surface area contributed by atoms with Crippen molar-refractivity contribution in [1.29, 1.82) is 0 Å². The molecule has 1 aromatic rings. The molecule has 0 bridgehead atoms. The van der Waals surface area contributed by atoms with Gasteiger partial charge in [-0.15, -0.1) is 0 Å². The number of aromatic nitrogens is 1. The van der Waals surface area contributed by atoms with E-state index in [1.54, 1.807) is 6.92 Å². The van der Waals surface area contributed by atoms with Crippen molar-refractivity contribution >= 4 is 15.9 Å². The van der Waals surface area contributed by atoms with Gasteiger partial charge in [0.05, 0.1) is 12.3 Å². The lowest BCUT2D eigenvalue weighted by molar-refractivity contribution is 0.271. The molecule has 4 heteroatoms. The van der Waals surface area contributed by atoms with E-state index in [1.807, 2.05) is 13.8 Å². The van der Waals surface area contributed by atoms with Crippen LogP contribution >= 0.6 is 15.9 Å². The van der Waals surface area contributed by atoms with Gasteiger partial charge in [-0.3, -0.25) is 0 Å². The van der Waals surface area contributed by atoms with Crippen molar-refractivity contribution in [2.75, 3.05) is 0 Å². The molecule has 14 heavy (non-hydrogen) atoms. The zero-order valence-corrected chi connectivity index (χ0v) is 10.0. The van der Waals surface area contributed by atoms with Gasteiger partial charge in [-0.1, -0.05) is 13.8 Å². The summed E-state index contributed by atoms with van der Waals surface area (Å²) in [6, 6.07) is 0. The summed E-state index contributed by atoms with van der Waals surface area (Å²) < 4.78 is 14.1. The molecule has 0 saturated heterocycles. The third kappa shape index (κ3) is 1.96. The molecule has 0 unspecified atom stereocenters. The number of aliphatic hydroxyl groups excluding tert-OH is 1. The van der Waals surface area contributed by atoms with Crippen LogP contribution in [-0.2, 0) is 6.61 Å². The lowest BCUT2D eigenvalue weighted by Crippen LogP contribution is -2.06. The molecule has 1 heterocycles. The van der Waals surface area contributed by atoms with Gasteiger partial charge < -0.3 is 5.11 Å². The first-order valence-electron chi connectivity index (χ1n) is 4.44. The van der Waals surface area contributed by atoms with E-state index in [0.717, 1.165) is 10.0 Å². The summed E-state index contributed by atoms with van der Waals surface area (Å²) in [5.41, 5.74) is 1.71. The van der Waals surface area contributed by atoms with Crippen molar-refractivity contribution in [3.63, 3.8) is 0 Å². The Morgan fingerprint density at radius 1 is 1.50 bits per heavy atom. The first-order chi connectivity index (χ1) is 6.49. The summed E-state index contributed by atoms with van der Waals surface area (Å²) in [5, 5.41) is 9.06. The molecular formula is C10H13BrFNO. The van der Waals surface area contributed by atoms with Gasteiger partial charge >= 0.3 is 0 Å². The lowest BCUT2D eigenvalue weighted by Gasteiger charge is -2.15. The van der Waals surface area contributed by atoms with E-state index >= 15 is 0 Å². The van der Waals surface area contributed by atoms with Crippen molar-refractivity contribution in [3.05, 3.63) is 27.2 Å². The highest BCUT2D eigenvalue weighted by Gasteiger charge is 2.17. The smallest absolute Gasteiger partial charge is 0.218 e. The van der Waals surface area contributed by atoms with Gasteiger partial charge in [0.2, 0.25) is 5.95 Å². The first kappa shape index (κ1) is 11.6. The maximum absolute atomic E-state index is 13.4. The topological polar surface area (TPSA) is 33.1 Å². The van der Waals surface area contributed by atoms with Gasteiger partial charge in [-0.25, -0.2) is 4.98 Å². The second-order valence-corrected chi connectivity index (χ2v) is 4.30. The van der Waals surface area contributed by atoms with Gasteiger partial charge in [-0.2, -0.15) is 4.39 Å². The Hall–Kier alpha value is -0.480. The second-order valence-electron chi connectivity index (χ2n) is 3.51. The van der Waals surface area contributed by atoms with Crippen LogP contribution in [0.2, 0.25) is 0 Å². The molecule has 0 amide bonds. The van der Waals surface area contributed by atoms with Crippen molar-refractivity contribution in [1.82, 2.24) is 4.98 Å². The molecule has 0 fully saturated rings. The Morgan fingerprint density at radius 2 is 2.07 bits per heavy atom. The Balaban J connectivity index is 3.48. The first-order valence-corrected chi connectivity index (χ1v) is 5.23.